The Morgan fingerprint density at radius 1 is 0.767 bits per heavy atom. The molecule has 0 N–H and O–H groups in total. The summed E-state index contributed by atoms with van der Waals surface area (Å²) in [5, 5.41) is 8.44. The first-order chi connectivity index (χ1) is 20.5. The number of aromatic nitrogens is 3. The standard InChI is InChI=1S/C31H33N3O9/c1-18-6-8-23(9-7-18)10-11-24-12-14-25(15-13-24)34-16-26(32-33-34)28-30(41-21(4)37)31(42-22(5)38)29(40-20(3)36)27(43-28)17-39-19(2)35/h6-16,27-31H,17H2,1-5H3/b11-10+. The highest BCUT2D eigenvalue weighted by atomic mass is 16.7. The second-order valence-corrected chi connectivity index (χ2v) is 10.0. The summed E-state index contributed by atoms with van der Waals surface area (Å²) in [6.45, 7) is 6.42. The second kappa shape index (κ2) is 13.9. The van der Waals surface area contributed by atoms with Crippen molar-refractivity contribution in [3.63, 3.8) is 0 Å². The molecular formula is C31H33N3O9. The predicted octanol–water partition coefficient (Wildman–Crippen LogP) is 3.54. The van der Waals surface area contributed by atoms with Crippen LogP contribution >= 0.6 is 0 Å². The number of hydrogen-bond donors (Lipinski definition) is 0. The van der Waals surface area contributed by atoms with Gasteiger partial charge < -0.3 is 23.7 Å². The van der Waals surface area contributed by atoms with Gasteiger partial charge in [0.1, 0.15) is 24.5 Å². The number of aryl methyl sites for hydroxylation is 1. The molecule has 2 heterocycles. The fourth-order valence-electron chi connectivity index (χ4n) is 4.61. The van der Waals surface area contributed by atoms with Crippen LogP contribution < -0.4 is 0 Å². The van der Waals surface area contributed by atoms with Gasteiger partial charge in [-0.3, -0.25) is 19.2 Å². The SMILES string of the molecule is CC(=O)OCC1OC(c2cn(-c3ccc(/C=C/c4ccc(C)cc4)cc3)nn2)C(OC(C)=O)C(OC(C)=O)C1OC(C)=O. The maximum atomic E-state index is 12.1. The molecule has 1 aliphatic rings. The maximum absolute atomic E-state index is 12.1. The fourth-order valence-corrected chi connectivity index (χ4v) is 4.61. The lowest BCUT2D eigenvalue weighted by molar-refractivity contribution is -0.255. The molecule has 226 valence electrons. The van der Waals surface area contributed by atoms with Crippen LogP contribution in [0.3, 0.4) is 0 Å². The largest absolute Gasteiger partial charge is 0.463 e. The van der Waals surface area contributed by atoms with E-state index in [0.717, 1.165) is 25.0 Å². The third kappa shape index (κ3) is 8.35. The van der Waals surface area contributed by atoms with Gasteiger partial charge in [-0.05, 0) is 30.2 Å². The molecule has 1 aliphatic heterocycles. The van der Waals surface area contributed by atoms with Crippen LogP contribution in [0.1, 0.15) is 56.2 Å². The molecule has 12 nitrogen and oxygen atoms in total. The molecule has 0 spiro atoms. The molecular weight excluding hydrogens is 558 g/mol. The predicted molar refractivity (Wildman–Crippen MR) is 152 cm³/mol. The molecule has 0 aliphatic carbocycles. The highest BCUT2D eigenvalue weighted by molar-refractivity contribution is 5.70. The van der Waals surface area contributed by atoms with E-state index in [1.807, 2.05) is 55.5 Å². The van der Waals surface area contributed by atoms with Crippen LogP contribution in [0.15, 0.2) is 54.7 Å². The average molecular weight is 592 g/mol. The molecule has 43 heavy (non-hydrogen) atoms. The minimum absolute atomic E-state index is 0.237. The van der Waals surface area contributed by atoms with Crippen molar-refractivity contribution < 1.29 is 42.9 Å². The molecule has 0 saturated carbocycles. The molecule has 3 aromatic rings. The smallest absolute Gasteiger partial charge is 0.303 e. The Labute approximate surface area is 248 Å². The Bertz CT molecular complexity index is 1480. The molecule has 5 atom stereocenters. The van der Waals surface area contributed by atoms with E-state index in [1.165, 1.54) is 24.1 Å². The number of esters is 4. The van der Waals surface area contributed by atoms with E-state index in [0.29, 0.717) is 5.69 Å². The zero-order chi connectivity index (χ0) is 31.1. The van der Waals surface area contributed by atoms with Crippen LogP contribution in [0.4, 0.5) is 0 Å². The van der Waals surface area contributed by atoms with Gasteiger partial charge in [0.2, 0.25) is 0 Å². The van der Waals surface area contributed by atoms with Crippen molar-refractivity contribution in [2.45, 2.75) is 65.1 Å². The van der Waals surface area contributed by atoms with Gasteiger partial charge in [0.25, 0.3) is 0 Å². The van der Waals surface area contributed by atoms with Crippen LogP contribution in [-0.4, -0.2) is 69.9 Å². The lowest BCUT2D eigenvalue weighted by atomic mass is 9.92. The first-order valence-electron chi connectivity index (χ1n) is 13.6. The number of carbonyl (C=O) groups is 4. The van der Waals surface area contributed by atoms with Gasteiger partial charge >= 0.3 is 23.9 Å². The van der Waals surface area contributed by atoms with Crippen LogP contribution in [0.2, 0.25) is 0 Å². The van der Waals surface area contributed by atoms with Crippen molar-refractivity contribution in [3.8, 4) is 5.69 Å². The van der Waals surface area contributed by atoms with Crippen LogP contribution in [0, 0.1) is 6.92 Å². The van der Waals surface area contributed by atoms with Crippen LogP contribution in [0.5, 0.6) is 0 Å². The molecule has 4 rings (SSSR count). The number of benzene rings is 2. The summed E-state index contributed by atoms with van der Waals surface area (Å²) >= 11 is 0. The van der Waals surface area contributed by atoms with E-state index >= 15 is 0 Å². The molecule has 2 aromatic carbocycles. The monoisotopic (exact) mass is 591 g/mol. The van der Waals surface area contributed by atoms with Crippen molar-refractivity contribution in [3.05, 3.63) is 77.1 Å². The van der Waals surface area contributed by atoms with Crippen molar-refractivity contribution in [1.82, 2.24) is 15.0 Å². The average Bonchev–Trinajstić information content (AvgIpc) is 3.43. The third-order valence-corrected chi connectivity index (χ3v) is 6.50. The van der Waals surface area contributed by atoms with E-state index < -0.39 is 54.4 Å². The summed E-state index contributed by atoms with van der Waals surface area (Å²) in [6, 6.07) is 15.8. The van der Waals surface area contributed by atoms with E-state index in [4.69, 9.17) is 23.7 Å². The zero-order valence-electron chi connectivity index (χ0n) is 24.5. The van der Waals surface area contributed by atoms with Crippen LogP contribution in [0.25, 0.3) is 17.8 Å². The summed E-state index contributed by atoms with van der Waals surface area (Å²) in [4.78, 5) is 47.7. The van der Waals surface area contributed by atoms with E-state index in [1.54, 1.807) is 6.20 Å². The summed E-state index contributed by atoms with van der Waals surface area (Å²) in [6.07, 6.45) is -0.418. The van der Waals surface area contributed by atoms with Crippen LogP contribution in [-0.2, 0) is 42.9 Å². The Morgan fingerprint density at radius 3 is 1.86 bits per heavy atom. The minimum atomic E-state index is -1.30. The Kier molecular flexibility index (Phi) is 10.0. The molecule has 0 bridgehead atoms. The van der Waals surface area contributed by atoms with E-state index in [9.17, 15) is 19.2 Å². The second-order valence-electron chi connectivity index (χ2n) is 10.0. The summed E-state index contributed by atoms with van der Waals surface area (Å²) in [7, 11) is 0. The number of rotatable bonds is 9. The lowest BCUT2D eigenvalue weighted by Crippen LogP contribution is -2.59. The summed E-state index contributed by atoms with van der Waals surface area (Å²) in [5.74, 6) is -2.72. The Balaban J connectivity index is 1.62. The van der Waals surface area contributed by atoms with E-state index in [2.05, 4.69) is 22.4 Å². The van der Waals surface area contributed by atoms with Crippen molar-refractivity contribution in [2.75, 3.05) is 6.61 Å². The van der Waals surface area contributed by atoms with Crippen molar-refractivity contribution >= 4 is 36.0 Å². The highest BCUT2D eigenvalue weighted by Gasteiger charge is 2.53. The first kappa shape index (κ1) is 31.1. The quantitative estimate of drug-likeness (QED) is 0.205. The third-order valence-electron chi connectivity index (χ3n) is 6.50. The lowest BCUT2D eigenvalue weighted by Gasteiger charge is -2.43. The summed E-state index contributed by atoms with van der Waals surface area (Å²) in [5.41, 5.74) is 4.18. The minimum Gasteiger partial charge on any atom is -0.463 e. The zero-order valence-corrected chi connectivity index (χ0v) is 24.5. The van der Waals surface area contributed by atoms with Gasteiger partial charge in [-0.15, -0.1) is 5.10 Å². The van der Waals surface area contributed by atoms with Gasteiger partial charge in [-0.2, -0.15) is 0 Å². The molecule has 1 saturated heterocycles. The van der Waals surface area contributed by atoms with Gasteiger partial charge in [0.15, 0.2) is 18.3 Å². The summed E-state index contributed by atoms with van der Waals surface area (Å²) < 4.78 is 29.3. The van der Waals surface area contributed by atoms with Gasteiger partial charge in [-0.25, -0.2) is 4.68 Å². The maximum Gasteiger partial charge on any atom is 0.303 e. The van der Waals surface area contributed by atoms with Crippen molar-refractivity contribution in [2.24, 2.45) is 0 Å². The van der Waals surface area contributed by atoms with Gasteiger partial charge in [-0.1, -0.05) is 59.3 Å². The van der Waals surface area contributed by atoms with Crippen molar-refractivity contribution in [1.29, 1.82) is 0 Å². The number of hydrogen-bond acceptors (Lipinski definition) is 11. The Morgan fingerprint density at radius 2 is 1.30 bits per heavy atom. The Hall–Kier alpha value is -4.84. The molecule has 1 fully saturated rings. The topological polar surface area (TPSA) is 145 Å². The van der Waals surface area contributed by atoms with E-state index in [-0.39, 0.29) is 12.3 Å². The van der Waals surface area contributed by atoms with Gasteiger partial charge in [0.05, 0.1) is 11.9 Å². The molecule has 1 aromatic heterocycles. The molecule has 0 amide bonds. The highest BCUT2D eigenvalue weighted by Crippen LogP contribution is 2.37. The molecule has 12 heteroatoms. The number of ether oxygens (including phenoxy) is 5. The number of nitrogens with zero attached hydrogens (tertiary/aromatic N) is 3. The normalized spacial score (nSPS) is 21.7. The van der Waals surface area contributed by atoms with Gasteiger partial charge in [0, 0.05) is 27.7 Å². The molecule has 0 radical (unpaired) electrons. The molecule has 5 unspecified atom stereocenters. The number of carbonyl (C=O) groups excluding carboxylic acids is 4. The fraction of sp³-hybridized carbons (Fsp3) is 0.355. The first-order valence-corrected chi connectivity index (χ1v) is 13.6.